The number of amides is 1. The number of nitrogens with zero attached hydrogens (tertiary/aromatic N) is 5. The zero-order chi connectivity index (χ0) is 16.9. The van der Waals surface area contributed by atoms with Crippen LogP contribution in [0.1, 0.15) is 17.4 Å². The summed E-state index contributed by atoms with van der Waals surface area (Å²) in [4.78, 5) is 16.5. The summed E-state index contributed by atoms with van der Waals surface area (Å²) < 4.78 is 2.03. The Labute approximate surface area is 142 Å². The fraction of sp³-hybridized carbons (Fsp3) is 0.471. The molecule has 1 aliphatic heterocycles. The highest BCUT2D eigenvalue weighted by atomic mass is 16.2. The number of hydrogen-bond donors (Lipinski definition) is 1. The molecule has 2 aromatic rings. The molecule has 7 nitrogen and oxygen atoms in total. The summed E-state index contributed by atoms with van der Waals surface area (Å²) in [5.74, 6) is 0.968. The van der Waals surface area contributed by atoms with Crippen molar-refractivity contribution < 1.29 is 4.79 Å². The molecule has 2 heterocycles. The van der Waals surface area contributed by atoms with E-state index in [1.54, 1.807) is 6.33 Å². The minimum atomic E-state index is 0.0470. The molecule has 0 saturated heterocycles. The van der Waals surface area contributed by atoms with E-state index in [0.717, 1.165) is 18.9 Å². The van der Waals surface area contributed by atoms with Gasteiger partial charge in [0, 0.05) is 19.6 Å². The molecule has 0 bridgehead atoms. The van der Waals surface area contributed by atoms with Crippen LogP contribution in [0.4, 0.5) is 0 Å². The van der Waals surface area contributed by atoms with E-state index >= 15 is 0 Å². The van der Waals surface area contributed by atoms with E-state index < -0.39 is 0 Å². The first kappa shape index (κ1) is 16.6. The van der Waals surface area contributed by atoms with Gasteiger partial charge in [0.15, 0.2) is 0 Å². The van der Waals surface area contributed by atoms with Gasteiger partial charge in [0.2, 0.25) is 5.91 Å². The van der Waals surface area contributed by atoms with E-state index in [2.05, 4.69) is 37.4 Å². The van der Waals surface area contributed by atoms with Gasteiger partial charge in [0.1, 0.15) is 12.2 Å². The molecule has 1 unspecified atom stereocenters. The van der Waals surface area contributed by atoms with Crippen molar-refractivity contribution in [2.24, 2.45) is 0 Å². The maximum Gasteiger partial charge on any atom is 0.234 e. The highest BCUT2D eigenvalue weighted by Gasteiger charge is 2.20. The van der Waals surface area contributed by atoms with Gasteiger partial charge in [-0.1, -0.05) is 30.3 Å². The van der Waals surface area contributed by atoms with Crippen molar-refractivity contribution in [1.82, 2.24) is 29.9 Å². The van der Waals surface area contributed by atoms with Crippen LogP contribution < -0.4 is 5.32 Å². The van der Waals surface area contributed by atoms with E-state index in [-0.39, 0.29) is 11.9 Å². The molecule has 1 N–H and O–H groups in total. The summed E-state index contributed by atoms with van der Waals surface area (Å²) in [5, 5.41) is 11.1. The standard InChI is InChI=1S/C17H24N6O/c1-21(2)15(14-6-4-3-5-7-14)10-18-17(24)12-22-8-9-23-13-19-20-16(23)11-22/h3-7,13,15H,8-12H2,1-2H3,(H,18,24). The van der Waals surface area contributed by atoms with Gasteiger partial charge in [-0.3, -0.25) is 9.69 Å². The molecule has 24 heavy (non-hydrogen) atoms. The normalized spacial score (nSPS) is 16.0. The number of nitrogens with one attached hydrogen (secondary N) is 1. The number of rotatable bonds is 6. The van der Waals surface area contributed by atoms with Gasteiger partial charge < -0.3 is 14.8 Å². The van der Waals surface area contributed by atoms with Gasteiger partial charge in [0.05, 0.1) is 19.1 Å². The van der Waals surface area contributed by atoms with Crippen LogP contribution in [0, 0.1) is 0 Å². The van der Waals surface area contributed by atoms with E-state index in [0.29, 0.717) is 19.6 Å². The molecular formula is C17H24N6O. The highest BCUT2D eigenvalue weighted by molar-refractivity contribution is 5.78. The summed E-state index contributed by atoms with van der Waals surface area (Å²) in [6.45, 7) is 3.33. The molecule has 0 aliphatic carbocycles. The lowest BCUT2D eigenvalue weighted by Gasteiger charge is -2.28. The fourth-order valence-corrected chi connectivity index (χ4v) is 2.99. The van der Waals surface area contributed by atoms with Crippen molar-refractivity contribution in [3.05, 3.63) is 48.0 Å². The van der Waals surface area contributed by atoms with Crippen molar-refractivity contribution in [1.29, 1.82) is 0 Å². The lowest BCUT2D eigenvalue weighted by molar-refractivity contribution is -0.122. The Hall–Kier alpha value is -2.25. The van der Waals surface area contributed by atoms with Crippen LogP contribution in [0.2, 0.25) is 0 Å². The van der Waals surface area contributed by atoms with Crippen LogP contribution >= 0.6 is 0 Å². The zero-order valence-corrected chi connectivity index (χ0v) is 14.2. The average molecular weight is 328 g/mol. The Morgan fingerprint density at radius 3 is 2.83 bits per heavy atom. The Balaban J connectivity index is 1.51. The number of carbonyl (C=O) groups excluding carboxylic acids is 1. The third-order valence-corrected chi connectivity index (χ3v) is 4.39. The predicted octanol–water partition coefficient (Wildman–Crippen LogP) is 0.513. The van der Waals surface area contributed by atoms with Crippen molar-refractivity contribution in [3.8, 4) is 0 Å². The lowest BCUT2D eigenvalue weighted by atomic mass is 10.1. The Morgan fingerprint density at radius 2 is 2.08 bits per heavy atom. The second kappa shape index (κ2) is 7.55. The van der Waals surface area contributed by atoms with Crippen molar-refractivity contribution in [3.63, 3.8) is 0 Å². The first-order valence-corrected chi connectivity index (χ1v) is 8.20. The van der Waals surface area contributed by atoms with Crippen LogP contribution in [0.25, 0.3) is 0 Å². The number of likely N-dealkylation sites (N-methyl/N-ethyl adjacent to an activating group) is 1. The van der Waals surface area contributed by atoms with Gasteiger partial charge in [-0.15, -0.1) is 10.2 Å². The molecule has 1 aromatic carbocycles. The number of fused-ring (bicyclic) bond motifs is 1. The molecular weight excluding hydrogens is 304 g/mol. The van der Waals surface area contributed by atoms with Gasteiger partial charge >= 0.3 is 0 Å². The molecule has 0 spiro atoms. The molecule has 0 fully saturated rings. The first-order chi connectivity index (χ1) is 11.6. The molecule has 1 aromatic heterocycles. The third kappa shape index (κ3) is 3.98. The Morgan fingerprint density at radius 1 is 1.29 bits per heavy atom. The van der Waals surface area contributed by atoms with Gasteiger partial charge in [0.25, 0.3) is 0 Å². The predicted molar refractivity (Wildman–Crippen MR) is 91.2 cm³/mol. The number of benzene rings is 1. The van der Waals surface area contributed by atoms with Crippen molar-refractivity contribution in [2.45, 2.75) is 19.1 Å². The van der Waals surface area contributed by atoms with E-state index in [1.807, 2.05) is 36.9 Å². The molecule has 3 rings (SSSR count). The average Bonchev–Trinajstić information content (AvgIpc) is 3.03. The van der Waals surface area contributed by atoms with Gasteiger partial charge in [-0.05, 0) is 19.7 Å². The lowest BCUT2D eigenvalue weighted by Crippen LogP contribution is -2.43. The Kier molecular flexibility index (Phi) is 5.22. The smallest absolute Gasteiger partial charge is 0.234 e. The van der Waals surface area contributed by atoms with Crippen LogP contribution in [0.3, 0.4) is 0 Å². The number of hydrogen-bond acceptors (Lipinski definition) is 5. The van der Waals surface area contributed by atoms with Crippen LogP contribution in [-0.4, -0.2) is 64.2 Å². The van der Waals surface area contributed by atoms with E-state index in [9.17, 15) is 4.79 Å². The van der Waals surface area contributed by atoms with Crippen molar-refractivity contribution in [2.75, 3.05) is 33.7 Å². The summed E-state index contributed by atoms with van der Waals surface area (Å²) in [7, 11) is 4.06. The Bertz CT molecular complexity index is 669. The molecule has 7 heteroatoms. The second-order valence-corrected chi connectivity index (χ2v) is 6.35. The molecule has 128 valence electrons. The summed E-state index contributed by atoms with van der Waals surface area (Å²) in [5.41, 5.74) is 1.20. The molecule has 1 amide bonds. The molecule has 0 radical (unpaired) electrons. The fourth-order valence-electron chi connectivity index (χ4n) is 2.99. The SMILES string of the molecule is CN(C)C(CNC(=O)CN1CCn2cnnc2C1)c1ccccc1. The summed E-state index contributed by atoms with van der Waals surface area (Å²) in [6, 6.07) is 10.4. The van der Waals surface area contributed by atoms with Crippen LogP contribution in [0.15, 0.2) is 36.7 Å². The summed E-state index contributed by atoms with van der Waals surface area (Å²) >= 11 is 0. The summed E-state index contributed by atoms with van der Waals surface area (Å²) in [6.07, 6.45) is 1.74. The first-order valence-electron chi connectivity index (χ1n) is 8.20. The monoisotopic (exact) mass is 328 g/mol. The topological polar surface area (TPSA) is 66.3 Å². The molecule has 0 saturated carbocycles. The minimum absolute atomic E-state index is 0.0470. The van der Waals surface area contributed by atoms with Gasteiger partial charge in [-0.2, -0.15) is 0 Å². The van der Waals surface area contributed by atoms with E-state index in [4.69, 9.17) is 0 Å². The molecule has 1 atom stereocenters. The molecule has 1 aliphatic rings. The van der Waals surface area contributed by atoms with Crippen LogP contribution in [0.5, 0.6) is 0 Å². The maximum atomic E-state index is 12.3. The third-order valence-electron chi connectivity index (χ3n) is 4.39. The highest BCUT2D eigenvalue weighted by Crippen LogP contribution is 2.16. The maximum absolute atomic E-state index is 12.3. The van der Waals surface area contributed by atoms with Crippen LogP contribution in [-0.2, 0) is 17.9 Å². The van der Waals surface area contributed by atoms with Gasteiger partial charge in [-0.25, -0.2) is 0 Å². The zero-order valence-electron chi connectivity index (χ0n) is 14.2. The number of carbonyl (C=O) groups is 1. The van der Waals surface area contributed by atoms with Crippen molar-refractivity contribution >= 4 is 5.91 Å². The number of aromatic nitrogens is 3. The van der Waals surface area contributed by atoms with E-state index in [1.165, 1.54) is 5.56 Å². The second-order valence-electron chi connectivity index (χ2n) is 6.35. The minimum Gasteiger partial charge on any atom is -0.353 e. The largest absolute Gasteiger partial charge is 0.353 e. The quantitative estimate of drug-likeness (QED) is 0.837.